The molecule has 0 aliphatic carbocycles. The highest BCUT2D eigenvalue weighted by atomic mass is 16.3. The maximum Gasteiger partial charge on any atom is 0.200 e. The first kappa shape index (κ1) is 13.9. The normalized spacial score (nSPS) is 11.9. The number of fused-ring (bicyclic) bond motifs is 2. The fourth-order valence-corrected chi connectivity index (χ4v) is 2.88. The van der Waals surface area contributed by atoms with Crippen LogP contribution < -0.4 is 5.43 Å². The fourth-order valence-electron chi connectivity index (χ4n) is 2.88. The number of para-hydroxylation sites is 1. The van der Waals surface area contributed by atoms with E-state index in [2.05, 4.69) is 39.8 Å². The minimum Gasteiger partial charge on any atom is -0.456 e. The molecule has 2 nitrogen and oxygen atoms in total. The van der Waals surface area contributed by atoms with Crippen LogP contribution in [0.5, 0.6) is 0 Å². The van der Waals surface area contributed by atoms with Crippen LogP contribution in [0.25, 0.3) is 21.9 Å². The number of hydrogen-bond acceptors (Lipinski definition) is 2. The summed E-state index contributed by atoms with van der Waals surface area (Å²) in [4.78, 5) is 12.9. The average Bonchev–Trinajstić information content (AvgIpc) is 2.46. The highest BCUT2D eigenvalue weighted by Gasteiger charge is 2.17. The Hall–Kier alpha value is -2.09. The van der Waals surface area contributed by atoms with Crippen molar-refractivity contribution in [3.63, 3.8) is 0 Å². The molecule has 0 aliphatic rings. The average molecular weight is 280 g/mol. The van der Waals surface area contributed by atoms with Gasteiger partial charge in [0.05, 0.1) is 10.8 Å². The number of hydrogen-bond donors (Lipinski definition) is 0. The van der Waals surface area contributed by atoms with E-state index in [1.54, 1.807) is 0 Å². The number of benzene rings is 2. The lowest BCUT2D eigenvalue weighted by molar-refractivity contribution is 0.646. The molecule has 0 amide bonds. The quantitative estimate of drug-likeness (QED) is 0.604. The molecule has 0 fully saturated rings. The van der Waals surface area contributed by atoms with Crippen molar-refractivity contribution >= 4 is 21.9 Å². The summed E-state index contributed by atoms with van der Waals surface area (Å²) >= 11 is 0. The lowest BCUT2D eigenvalue weighted by atomic mass is 9.92. The lowest BCUT2D eigenvalue weighted by Crippen LogP contribution is -2.08. The van der Waals surface area contributed by atoms with Crippen molar-refractivity contribution in [2.24, 2.45) is 0 Å². The van der Waals surface area contributed by atoms with E-state index in [1.165, 1.54) is 0 Å². The maximum atomic E-state index is 12.9. The summed E-state index contributed by atoms with van der Waals surface area (Å²) in [5.74, 6) is 0.607. The molecule has 0 aliphatic heterocycles. The molecule has 2 heteroatoms. The van der Waals surface area contributed by atoms with E-state index in [9.17, 15) is 4.79 Å². The van der Waals surface area contributed by atoms with Crippen molar-refractivity contribution in [1.82, 2.24) is 0 Å². The van der Waals surface area contributed by atoms with Crippen LogP contribution in [0.4, 0.5) is 0 Å². The zero-order valence-corrected chi connectivity index (χ0v) is 12.9. The molecule has 21 heavy (non-hydrogen) atoms. The Balaban J connectivity index is 2.58. The zero-order valence-electron chi connectivity index (χ0n) is 12.9. The number of rotatable bonds is 2. The van der Waals surface area contributed by atoms with E-state index in [4.69, 9.17) is 4.42 Å². The molecule has 0 saturated carbocycles. The van der Waals surface area contributed by atoms with Gasteiger partial charge < -0.3 is 4.42 Å². The molecule has 0 saturated heterocycles. The summed E-state index contributed by atoms with van der Waals surface area (Å²) in [5, 5.41) is 1.41. The third-order valence-electron chi connectivity index (χ3n) is 4.04. The van der Waals surface area contributed by atoms with Gasteiger partial charge in [-0.05, 0) is 35.1 Å². The summed E-state index contributed by atoms with van der Waals surface area (Å²) in [6, 6.07) is 11.7. The van der Waals surface area contributed by atoms with Gasteiger partial charge in [0.25, 0.3) is 0 Å². The van der Waals surface area contributed by atoms with Crippen molar-refractivity contribution in [3.05, 3.63) is 57.7 Å². The summed E-state index contributed by atoms with van der Waals surface area (Å²) < 4.78 is 6.11. The van der Waals surface area contributed by atoms with Gasteiger partial charge in [0.15, 0.2) is 0 Å². The van der Waals surface area contributed by atoms with Crippen LogP contribution in [-0.4, -0.2) is 0 Å². The molecule has 2 aromatic carbocycles. The molecule has 0 radical (unpaired) electrons. The van der Waals surface area contributed by atoms with Gasteiger partial charge in [0.2, 0.25) is 5.43 Å². The molecule has 0 N–H and O–H groups in total. The van der Waals surface area contributed by atoms with Gasteiger partial charge in [-0.3, -0.25) is 4.79 Å². The molecular weight excluding hydrogens is 260 g/mol. The van der Waals surface area contributed by atoms with Gasteiger partial charge in [0.1, 0.15) is 11.2 Å². The predicted molar refractivity (Wildman–Crippen MR) is 88.2 cm³/mol. The van der Waals surface area contributed by atoms with Gasteiger partial charge in [-0.15, -0.1) is 0 Å². The predicted octanol–water partition coefficient (Wildman–Crippen LogP) is 5.19. The first-order valence-electron chi connectivity index (χ1n) is 7.49. The van der Waals surface area contributed by atoms with E-state index in [0.29, 0.717) is 16.9 Å². The van der Waals surface area contributed by atoms with Crippen LogP contribution in [0.3, 0.4) is 0 Å². The van der Waals surface area contributed by atoms with Crippen molar-refractivity contribution in [2.45, 2.75) is 39.5 Å². The molecule has 1 aromatic heterocycles. The molecule has 0 atom stereocenters. The van der Waals surface area contributed by atoms with Gasteiger partial charge in [-0.1, -0.05) is 52.0 Å². The minimum absolute atomic E-state index is 0.0815. The van der Waals surface area contributed by atoms with Gasteiger partial charge >= 0.3 is 0 Å². The van der Waals surface area contributed by atoms with Crippen molar-refractivity contribution in [3.8, 4) is 0 Å². The molecular formula is C19H20O2. The topological polar surface area (TPSA) is 30.2 Å². The first-order chi connectivity index (χ1) is 10.0. The standard InChI is InChI=1S/C19H20O2/c1-11(2)13-9-10-14(12(3)4)19-17(13)18(20)15-7-5-6-8-16(15)21-19/h5-12H,1-4H3. The molecule has 108 valence electrons. The van der Waals surface area contributed by atoms with Gasteiger partial charge in [0, 0.05) is 0 Å². The zero-order chi connectivity index (χ0) is 15.1. The Morgan fingerprint density at radius 1 is 0.857 bits per heavy atom. The van der Waals surface area contributed by atoms with Crippen LogP contribution in [0.15, 0.2) is 45.6 Å². The first-order valence-corrected chi connectivity index (χ1v) is 7.49. The van der Waals surface area contributed by atoms with E-state index in [1.807, 2.05) is 24.3 Å². The highest BCUT2D eigenvalue weighted by Crippen LogP contribution is 2.31. The summed E-state index contributed by atoms with van der Waals surface area (Å²) in [7, 11) is 0. The second-order valence-corrected chi connectivity index (χ2v) is 6.18. The Morgan fingerprint density at radius 3 is 2.14 bits per heavy atom. The van der Waals surface area contributed by atoms with Crippen LogP contribution in [0, 0.1) is 0 Å². The molecule has 0 bridgehead atoms. The Bertz CT molecular complexity index is 870. The van der Waals surface area contributed by atoms with Crippen molar-refractivity contribution in [2.75, 3.05) is 0 Å². The molecule has 3 rings (SSSR count). The van der Waals surface area contributed by atoms with E-state index in [0.717, 1.165) is 22.1 Å². The molecule has 1 heterocycles. The van der Waals surface area contributed by atoms with Crippen LogP contribution in [0.1, 0.15) is 50.7 Å². The van der Waals surface area contributed by atoms with Crippen LogP contribution in [-0.2, 0) is 0 Å². The SMILES string of the molecule is CC(C)c1ccc(C(C)C)c2c(=O)c3ccccc3oc12. The van der Waals surface area contributed by atoms with Crippen molar-refractivity contribution < 1.29 is 4.42 Å². The van der Waals surface area contributed by atoms with E-state index in [-0.39, 0.29) is 11.3 Å². The minimum atomic E-state index is 0.0815. The van der Waals surface area contributed by atoms with E-state index >= 15 is 0 Å². The lowest BCUT2D eigenvalue weighted by Gasteiger charge is -2.15. The van der Waals surface area contributed by atoms with Crippen LogP contribution in [0.2, 0.25) is 0 Å². The third-order valence-corrected chi connectivity index (χ3v) is 4.04. The second-order valence-electron chi connectivity index (χ2n) is 6.18. The highest BCUT2D eigenvalue weighted by molar-refractivity contribution is 5.93. The molecule has 3 aromatic rings. The summed E-state index contributed by atoms with van der Waals surface area (Å²) in [5.41, 5.74) is 3.65. The smallest absolute Gasteiger partial charge is 0.200 e. The summed E-state index contributed by atoms with van der Waals surface area (Å²) in [6.07, 6.45) is 0. The fraction of sp³-hybridized carbons (Fsp3) is 0.316. The Labute approximate surface area is 124 Å². The molecule has 0 unspecified atom stereocenters. The second kappa shape index (κ2) is 5.03. The van der Waals surface area contributed by atoms with E-state index < -0.39 is 0 Å². The van der Waals surface area contributed by atoms with Crippen molar-refractivity contribution in [1.29, 1.82) is 0 Å². The molecule has 0 spiro atoms. The Kier molecular flexibility index (Phi) is 3.32. The monoisotopic (exact) mass is 280 g/mol. The Morgan fingerprint density at radius 2 is 1.48 bits per heavy atom. The largest absolute Gasteiger partial charge is 0.456 e. The summed E-state index contributed by atoms with van der Waals surface area (Å²) in [6.45, 7) is 8.47. The van der Waals surface area contributed by atoms with Gasteiger partial charge in [-0.25, -0.2) is 0 Å². The van der Waals surface area contributed by atoms with Gasteiger partial charge in [-0.2, -0.15) is 0 Å². The maximum absolute atomic E-state index is 12.9. The third kappa shape index (κ3) is 2.15. The van der Waals surface area contributed by atoms with Crippen LogP contribution >= 0.6 is 0 Å².